The van der Waals surface area contributed by atoms with Crippen LogP contribution in [0.1, 0.15) is 18.1 Å². The van der Waals surface area contributed by atoms with Crippen molar-refractivity contribution < 1.29 is 14.3 Å². The molecule has 140 valence electrons. The second kappa shape index (κ2) is 8.51. The Balaban J connectivity index is 1.75. The zero-order chi connectivity index (χ0) is 19.2. The summed E-state index contributed by atoms with van der Waals surface area (Å²) in [4.78, 5) is 27.9. The number of H-pyrrole nitrogens is 1. The quantitative estimate of drug-likeness (QED) is 0.560. The second-order valence-corrected chi connectivity index (χ2v) is 6.51. The third-order valence-corrected chi connectivity index (χ3v) is 4.34. The molecule has 1 aromatic heterocycles. The van der Waals surface area contributed by atoms with Crippen LogP contribution in [0.15, 0.2) is 60.8 Å². The molecule has 0 saturated carbocycles. The average molecular weight is 365 g/mol. The van der Waals surface area contributed by atoms with Gasteiger partial charge >= 0.3 is 5.97 Å². The molecule has 1 heterocycles. The number of para-hydroxylation sites is 1. The number of ether oxygens (including phenoxy) is 1. The van der Waals surface area contributed by atoms with Gasteiger partial charge in [0, 0.05) is 23.5 Å². The number of carbonyl (C=O) groups excluding carboxylic acids is 2. The van der Waals surface area contributed by atoms with Crippen LogP contribution >= 0.6 is 0 Å². The van der Waals surface area contributed by atoms with E-state index in [1.807, 2.05) is 60.8 Å². The van der Waals surface area contributed by atoms with Crippen molar-refractivity contribution in [2.75, 3.05) is 0 Å². The molecule has 6 heteroatoms. The van der Waals surface area contributed by atoms with Crippen LogP contribution in [-0.2, 0) is 27.4 Å². The fraction of sp³-hybridized carbons (Fsp3) is 0.238. The number of aromatic nitrogens is 1. The van der Waals surface area contributed by atoms with E-state index in [4.69, 9.17) is 10.5 Å². The van der Waals surface area contributed by atoms with Crippen molar-refractivity contribution in [2.24, 2.45) is 5.73 Å². The summed E-state index contributed by atoms with van der Waals surface area (Å²) >= 11 is 0. The van der Waals surface area contributed by atoms with Gasteiger partial charge in [-0.3, -0.25) is 4.79 Å². The highest BCUT2D eigenvalue weighted by atomic mass is 16.5. The van der Waals surface area contributed by atoms with E-state index in [9.17, 15) is 9.59 Å². The van der Waals surface area contributed by atoms with Gasteiger partial charge in [-0.05, 0) is 24.1 Å². The van der Waals surface area contributed by atoms with Crippen molar-refractivity contribution in [1.29, 1.82) is 0 Å². The molecule has 2 aromatic carbocycles. The molecule has 3 rings (SSSR count). The Morgan fingerprint density at radius 3 is 2.56 bits per heavy atom. The monoisotopic (exact) mass is 365 g/mol. The van der Waals surface area contributed by atoms with Gasteiger partial charge in [-0.2, -0.15) is 0 Å². The van der Waals surface area contributed by atoms with Gasteiger partial charge in [0.25, 0.3) is 0 Å². The van der Waals surface area contributed by atoms with Crippen LogP contribution in [0.2, 0.25) is 0 Å². The number of hydrogen-bond donors (Lipinski definition) is 3. The number of nitrogens with one attached hydrogen (secondary N) is 2. The van der Waals surface area contributed by atoms with Gasteiger partial charge in [-0.15, -0.1) is 0 Å². The minimum absolute atomic E-state index is 0.151. The number of amides is 1. The maximum atomic E-state index is 12.6. The smallest absolute Gasteiger partial charge is 0.329 e. The summed E-state index contributed by atoms with van der Waals surface area (Å²) in [5.74, 6) is -0.880. The maximum Gasteiger partial charge on any atom is 0.329 e. The van der Waals surface area contributed by atoms with E-state index < -0.39 is 24.0 Å². The van der Waals surface area contributed by atoms with Crippen molar-refractivity contribution in [3.8, 4) is 0 Å². The second-order valence-electron chi connectivity index (χ2n) is 6.51. The fourth-order valence-electron chi connectivity index (χ4n) is 2.85. The summed E-state index contributed by atoms with van der Waals surface area (Å²) in [5.41, 5.74) is 8.43. The Kier molecular flexibility index (Phi) is 5.88. The Bertz CT molecular complexity index is 919. The van der Waals surface area contributed by atoms with Crippen molar-refractivity contribution >= 4 is 22.8 Å². The first-order chi connectivity index (χ1) is 13.0. The molecule has 0 saturated heterocycles. The molecule has 0 radical (unpaired) electrons. The van der Waals surface area contributed by atoms with E-state index in [1.165, 1.54) is 0 Å². The summed E-state index contributed by atoms with van der Waals surface area (Å²) in [5, 5.41) is 3.71. The van der Waals surface area contributed by atoms with E-state index >= 15 is 0 Å². The van der Waals surface area contributed by atoms with Crippen LogP contribution < -0.4 is 11.1 Å². The van der Waals surface area contributed by atoms with Gasteiger partial charge in [0.05, 0.1) is 6.04 Å². The van der Waals surface area contributed by atoms with Crippen LogP contribution in [0.25, 0.3) is 10.9 Å². The summed E-state index contributed by atoms with van der Waals surface area (Å²) in [6, 6.07) is 15.7. The number of fused-ring (bicyclic) bond motifs is 1. The standard InChI is InChI=1S/C21H23N3O3/c1-14(22)20(25)24-19(21(26)27-13-15-7-3-2-4-8-15)11-16-12-23-18-10-6-5-9-17(16)18/h2-10,12,14,19,23H,11,13,22H2,1H3,(H,24,25)/t14-,19-/m0/s1. The molecule has 0 bridgehead atoms. The van der Waals surface area contributed by atoms with Gasteiger partial charge in [0.1, 0.15) is 12.6 Å². The number of rotatable bonds is 7. The molecule has 0 aliphatic rings. The van der Waals surface area contributed by atoms with Gasteiger partial charge in [0.2, 0.25) is 5.91 Å². The lowest BCUT2D eigenvalue weighted by atomic mass is 10.0. The summed E-state index contributed by atoms with van der Waals surface area (Å²) in [6.07, 6.45) is 2.16. The Morgan fingerprint density at radius 2 is 1.81 bits per heavy atom. The van der Waals surface area contributed by atoms with Crippen molar-refractivity contribution in [3.63, 3.8) is 0 Å². The van der Waals surface area contributed by atoms with Gasteiger partial charge in [0.15, 0.2) is 0 Å². The molecular formula is C21H23N3O3. The van der Waals surface area contributed by atoms with Crippen LogP contribution in [0.4, 0.5) is 0 Å². The highest BCUT2D eigenvalue weighted by Crippen LogP contribution is 2.19. The van der Waals surface area contributed by atoms with E-state index in [1.54, 1.807) is 6.92 Å². The van der Waals surface area contributed by atoms with E-state index in [-0.39, 0.29) is 6.61 Å². The Hall–Kier alpha value is -3.12. The molecule has 6 nitrogen and oxygen atoms in total. The number of aromatic amines is 1. The molecular weight excluding hydrogens is 342 g/mol. The molecule has 0 aliphatic carbocycles. The third kappa shape index (κ3) is 4.74. The fourth-order valence-corrected chi connectivity index (χ4v) is 2.85. The Labute approximate surface area is 157 Å². The number of esters is 1. The largest absolute Gasteiger partial charge is 0.459 e. The maximum absolute atomic E-state index is 12.6. The Morgan fingerprint density at radius 1 is 1.11 bits per heavy atom. The average Bonchev–Trinajstić information content (AvgIpc) is 3.09. The molecule has 2 atom stereocenters. The first-order valence-corrected chi connectivity index (χ1v) is 8.86. The van der Waals surface area contributed by atoms with Gasteiger partial charge < -0.3 is 20.8 Å². The normalized spacial score (nSPS) is 13.1. The SMILES string of the molecule is C[C@H](N)C(=O)N[C@@H](Cc1c[nH]c2ccccc12)C(=O)OCc1ccccc1. The van der Waals surface area contributed by atoms with Crippen LogP contribution in [0.5, 0.6) is 0 Å². The zero-order valence-corrected chi connectivity index (χ0v) is 15.1. The lowest BCUT2D eigenvalue weighted by Crippen LogP contribution is -2.48. The number of carbonyl (C=O) groups is 2. The van der Waals surface area contributed by atoms with E-state index in [0.29, 0.717) is 6.42 Å². The molecule has 0 unspecified atom stereocenters. The van der Waals surface area contributed by atoms with Crippen molar-refractivity contribution in [3.05, 3.63) is 71.9 Å². The molecule has 0 fully saturated rings. The van der Waals surface area contributed by atoms with Crippen LogP contribution in [-0.4, -0.2) is 28.9 Å². The first kappa shape index (κ1) is 18.7. The predicted molar refractivity (Wildman–Crippen MR) is 104 cm³/mol. The first-order valence-electron chi connectivity index (χ1n) is 8.86. The summed E-state index contributed by atoms with van der Waals surface area (Å²) in [6.45, 7) is 1.73. The van der Waals surface area contributed by atoms with Crippen molar-refractivity contribution in [2.45, 2.75) is 32.0 Å². The highest BCUT2D eigenvalue weighted by molar-refractivity contribution is 5.88. The minimum Gasteiger partial charge on any atom is -0.459 e. The van der Waals surface area contributed by atoms with E-state index in [0.717, 1.165) is 22.0 Å². The molecule has 27 heavy (non-hydrogen) atoms. The van der Waals surface area contributed by atoms with Gasteiger partial charge in [-0.1, -0.05) is 48.5 Å². The molecule has 4 N–H and O–H groups in total. The van der Waals surface area contributed by atoms with Gasteiger partial charge in [-0.25, -0.2) is 4.79 Å². The van der Waals surface area contributed by atoms with E-state index in [2.05, 4.69) is 10.3 Å². The van der Waals surface area contributed by atoms with Crippen LogP contribution in [0.3, 0.4) is 0 Å². The topological polar surface area (TPSA) is 97.2 Å². The summed E-state index contributed by atoms with van der Waals surface area (Å²) in [7, 11) is 0. The molecule has 3 aromatic rings. The number of hydrogen-bond acceptors (Lipinski definition) is 4. The molecule has 0 aliphatic heterocycles. The third-order valence-electron chi connectivity index (χ3n) is 4.34. The number of benzene rings is 2. The summed E-state index contributed by atoms with van der Waals surface area (Å²) < 4.78 is 5.43. The molecule has 0 spiro atoms. The molecule has 1 amide bonds. The lowest BCUT2D eigenvalue weighted by molar-refractivity contribution is -0.149. The minimum atomic E-state index is -0.814. The predicted octanol–water partition coefficient (Wildman–Crippen LogP) is 2.29. The number of nitrogens with two attached hydrogens (primary N) is 1. The zero-order valence-electron chi connectivity index (χ0n) is 15.1. The van der Waals surface area contributed by atoms with Crippen LogP contribution in [0, 0.1) is 0 Å². The highest BCUT2D eigenvalue weighted by Gasteiger charge is 2.25. The lowest BCUT2D eigenvalue weighted by Gasteiger charge is -2.19. The van der Waals surface area contributed by atoms with Crippen molar-refractivity contribution in [1.82, 2.24) is 10.3 Å².